The Kier molecular flexibility index (Phi) is 5.84. The van der Waals surface area contributed by atoms with Gasteiger partial charge in [-0.25, -0.2) is 0 Å². The fourth-order valence-electron chi connectivity index (χ4n) is 2.24. The summed E-state index contributed by atoms with van der Waals surface area (Å²) in [6, 6.07) is 12.7. The Bertz CT molecular complexity index is 681. The number of anilines is 2. The molecule has 2 aromatic rings. The van der Waals surface area contributed by atoms with Gasteiger partial charge >= 0.3 is 6.18 Å². The van der Waals surface area contributed by atoms with Crippen LogP contribution in [-0.2, 0) is 17.4 Å². The Morgan fingerprint density at radius 1 is 1.04 bits per heavy atom. The Hall–Kier alpha value is -2.50. The van der Waals surface area contributed by atoms with Gasteiger partial charge in [0.2, 0.25) is 5.91 Å². The molecule has 0 fully saturated rings. The SMILES string of the molecule is CCc1ccc(NC(=O)CCNc2ccccc2C(F)(F)F)cc1. The largest absolute Gasteiger partial charge is 0.418 e. The molecule has 2 rings (SSSR count). The van der Waals surface area contributed by atoms with Crippen LogP contribution < -0.4 is 10.6 Å². The molecular weight excluding hydrogens is 317 g/mol. The molecule has 3 nitrogen and oxygen atoms in total. The number of nitrogens with one attached hydrogen (secondary N) is 2. The molecule has 0 heterocycles. The maximum atomic E-state index is 12.9. The summed E-state index contributed by atoms with van der Waals surface area (Å²) < 4.78 is 38.6. The molecule has 0 saturated heterocycles. The van der Waals surface area contributed by atoms with E-state index >= 15 is 0 Å². The van der Waals surface area contributed by atoms with E-state index < -0.39 is 11.7 Å². The van der Waals surface area contributed by atoms with Crippen molar-refractivity contribution < 1.29 is 18.0 Å². The van der Waals surface area contributed by atoms with Gasteiger partial charge in [-0.05, 0) is 36.2 Å². The van der Waals surface area contributed by atoms with Crippen LogP contribution in [0.3, 0.4) is 0 Å². The Labute approximate surface area is 138 Å². The van der Waals surface area contributed by atoms with Crippen molar-refractivity contribution >= 4 is 17.3 Å². The summed E-state index contributed by atoms with van der Waals surface area (Å²) in [6.07, 6.45) is -3.44. The second-order valence-electron chi connectivity index (χ2n) is 5.32. The van der Waals surface area contributed by atoms with E-state index in [1.165, 1.54) is 23.8 Å². The molecule has 0 atom stereocenters. The number of carbonyl (C=O) groups excluding carboxylic acids is 1. The quantitative estimate of drug-likeness (QED) is 0.802. The first-order valence-electron chi connectivity index (χ1n) is 7.69. The van der Waals surface area contributed by atoms with Crippen molar-refractivity contribution in [1.82, 2.24) is 0 Å². The predicted octanol–water partition coefficient (Wildman–Crippen LogP) is 4.71. The minimum atomic E-state index is -4.42. The van der Waals surface area contributed by atoms with Crippen molar-refractivity contribution in [2.45, 2.75) is 25.9 Å². The van der Waals surface area contributed by atoms with E-state index in [4.69, 9.17) is 0 Å². The van der Waals surface area contributed by atoms with Gasteiger partial charge in [0.1, 0.15) is 0 Å². The molecule has 0 aromatic heterocycles. The summed E-state index contributed by atoms with van der Waals surface area (Å²) >= 11 is 0. The smallest absolute Gasteiger partial charge is 0.384 e. The van der Waals surface area contributed by atoms with Crippen molar-refractivity contribution in [3.63, 3.8) is 0 Å². The van der Waals surface area contributed by atoms with Crippen LogP contribution in [0.15, 0.2) is 48.5 Å². The maximum Gasteiger partial charge on any atom is 0.418 e. The van der Waals surface area contributed by atoms with E-state index in [2.05, 4.69) is 10.6 Å². The molecule has 0 aliphatic rings. The summed E-state index contributed by atoms with van der Waals surface area (Å²) in [5, 5.41) is 5.40. The van der Waals surface area contributed by atoms with E-state index in [0.29, 0.717) is 5.69 Å². The van der Waals surface area contributed by atoms with Crippen molar-refractivity contribution in [3.05, 3.63) is 59.7 Å². The van der Waals surface area contributed by atoms with Gasteiger partial charge in [-0.2, -0.15) is 13.2 Å². The summed E-state index contributed by atoms with van der Waals surface area (Å²) in [4.78, 5) is 11.9. The molecule has 0 aliphatic heterocycles. The van der Waals surface area contributed by atoms with E-state index in [1.807, 2.05) is 31.2 Å². The number of para-hydroxylation sites is 1. The molecule has 24 heavy (non-hydrogen) atoms. The third-order valence-corrected chi connectivity index (χ3v) is 3.55. The highest BCUT2D eigenvalue weighted by atomic mass is 19.4. The summed E-state index contributed by atoms with van der Waals surface area (Å²) in [7, 11) is 0. The minimum Gasteiger partial charge on any atom is -0.384 e. The number of hydrogen-bond donors (Lipinski definition) is 2. The molecule has 2 N–H and O–H groups in total. The van der Waals surface area contributed by atoms with Crippen LogP contribution in [0.25, 0.3) is 0 Å². The van der Waals surface area contributed by atoms with Crippen LogP contribution in [0.1, 0.15) is 24.5 Å². The normalized spacial score (nSPS) is 11.2. The molecule has 2 aromatic carbocycles. The molecule has 0 saturated carbocycles. The lowest BCUT2D eigenvalue weighted by atomic mass is 10.1. The second kappa shape index (κ2) is 7.86. The zero-order chi connectivity index (χ0) is 17.6. The summed E-state index contributed by atoms with van der Waals surface area (Å²) in [5.41, 5.74) is 1.08. The van der Waals surface area contributed by atoms with Gasteiger partial charge < -0.3 is 10.6 Å². The van der Waals surface area contributed by atoms with Crippen LogP contribution >= 0.6 is 0 Å². The first-order valence-corrected chi connectivity index (χ1v) is 7.69. The van der Waals surface area contributed by atoms with Crippen LogP contribution in [0, 0.1) is 0 Å². The minimum absolute atomic E-state index is 0.0231. The van der Waals surface area contributed by atoms with Gasteiger partial charge in [-0.15, -0.1) is 0 Å². The predicted molar refractivity (Wildman–Crippen MR) is 89.0 cm³/mol. The lowest BCUT2D eigenvalue weighted by molar-refractivity contribution is -0.137. The molecule has 0 spiro atoms. The first-order chi connectivity index (χ1) is 11.4. The molecule has 0 bridgehead atoms. The number of hydrogen-bond acceptors (Lipinski definition) is 2. The topological polar surface area (TPSA) is 41.1 Å². The standard InChI is InChI=1S/C18H19F3N2O/c1-2-13-7-9-14(10-8-13)23-17(24)11-12-22-16-6-4-3-5-15(16)18(19,20)21/h3-10,22H,2,11-12H2,1H3,(H,23,24). The fourth-order valence-corrected chi connectivity index (χ4v) is 2.24. The Morgan fingerprint density at radius 3 is 2.33 bits per heavy atom. The number of rotatable bonds is 6. The van der Waals surface area contributed by atoms with Gasteiger partial charge in [0.05, 0.1) is 5.56 Å². The summed E-state index contributed by atoms with van der Waals surface area (Å²) in [6.45, 7) is 2.16. The van der Waals surface area contributed by atoms with Crippen molar-refractivity contribution in [2.24, 2.45) is 0 Å². The molecule has 0 aliphatic carbocycles. The van der Waals surface area contributed by atoms with Gasteiger partial charge in [-0.3, -0.25) is 4.79 Å². The van der Waals surface area contributed by atoms with Crippen LogP contribution in [0.2, 0.25) is 0 Å². The fraction of sp³-hybridized carbons (Fsp3) is 0.278. The molecular formula is C18H19F3N2O. The van der Waals surface area contributed by atoms with E-state index in [9.17, 15) is 18.0 Å². The third kappa shape index (κ3) is 5.01. The van der Waals surface area contributed by atoms with Crippen molar-refractivity contribution in [3.8, 4) is 0 Å². The summed E-state index contributed by atoms with van der Waals surface area (Å²) in [5.74, 6) is -0.253. The van der Waals surface area contributed by atoms with Crippen molar-refractivity contribution in [1.29, 1.82) is 0 Å². The lowest BCUT2D eigenvalue weighted by Crippen LogP contribution is -2.17. The van der Waals surface area contributed by atoms with Crippen LogP contribution in [0.5, 0.6) is 0 Å². The number of carbonyl (C=O) groups is 1. The highest BCUT2D eigenvalue weighted by Crippen LogP contribution is 2.34. The molecule has 1 amide bonds. The third-order valence-electron chi connectivity index (χ3n) is 3.55. The van der Waals surface area contributed by atoms with Crippen LogP contribution in [0.4, 0.5) is 24.5 Å². The van der Waals surface area contributed by atoms with E-state index in [0.717, 1.165) is 12.5 Å². The molecule has 6 heteroatoms. The van der Waals surface area contributed by atoms with Gasteiger partial charge in [-0.1, -0.05) is 31.2 Å². The lowest BCUT2D eigenvalue weighted by Gasteiger charge is -2.14. The second-order valence-corrected chi connectivity index (χ2v) is 5.32. The van der Waals surface area contributed by atoms with E-state index in [1.54, 1.807) is 0 Å². The number of halogens is 3. The first kappa shape index (κ1) is 17.8. The highest BCUT2D eigenvalue weighted by Gasteiger charge is 2.32. The average Bonchev–Trinajstić information content (AvgIpc) is 2.55. The zero-order valence-corrected chi connectivity index (χ0v) is 13.3. The molecule has 0 radical (unpaired) electrons. The molecule has 128 valence electrons. The number of amides is 1. The number of alkyl halides is 3. The maximum absolute atomic E-state index is 12.9. The van der Waals surface area contributed by atoms with E-state index in [-0.39, 0.29) is 24.6 Å². The van der Waals surface area contributed by atoms with Crippen LogP contribution in [-0.4, -0.2) is 12.5 Å². The average molecular weight is 336 g/mol. The number of aryl methyl sites for hydroxylation is 1. The van der Waals surface area contributed by atoms with Crippen molar-refractivity contribution in [2.75, 3.05) is 17.2 Å². The molecule has 0 unspecified atom stereocenters. The zero-order valence-electron chi connectivity index (χ0n) is 13.3. The van der Waals surface area contributed by atoms with Gasteiger partial charge in [0.15, 0.2) is 0 Å². The Morgan fingerprint density at radius 2 is 1.71 bits per heavy atom. The van der Waals surface area contributed by atoms with Gasteiger partial charge in [0.25, 0.3) is 0 Å². The number of benzene rings is 2. The van der Waals surface area contributed by atoms with Gasteiger partial charge in [0, 0.05) is 24.3 Å². The Balaban J connectivity index is 1.87. The highest BCUT2D eigenvalue weighted by molar-refractivity contribution is 5.91. The monoisotopic (exact) mass is 336 g/mol.